The summed E-state index contributed by atoms with van der Waals surface area (Å²) in [6.07, 6.45) is 0. The normalized spacial score (nSPS) is 12.8. The Morgan fingerprint density at radius 3 is 2.38 bits per heavy atom. The summed E-state index contributed by atoms with van der Waals surface area (Å²) >= 11 is 0. The Morgan fingerprint density at radius 2 is 2.00 bits per heavy atom. The van der Waals surface area contributed by atoms with Crippen LogP contribution in [0.2, 0.25) is 0 Å². The van der Waals surface area contributed by atoms with Crippen LogP contribution in [0, 0.1) is 25.2 Å². The molecule has 0 fully saturated rings. The molecule has 0 aliphatic heterocycles. The molecule has 1 unspecified atom stereocenters. The molecule has 2 N–H and O–H groups in total. The third kappa shape index (κ3) is 2.05. The topological polar surface area (TPSA) is 58.0 Å². The molecule has 88 valence electrons. The third-order valence-corrected chi connectivity index (χ3v) is 2.98. The highest BCUT2D eigenvalue weighted by molar-refractivity contribution is 5.58. The van der Waals surface area contributed by atoms with Gasteiger partial charge in [0.05, 0.1) is 5.56 Å². The molecule has 0 amide bonds. The van der Waals surface area contributed by atoms with Crippen molar-refractivity contribution in [3.05, 3.63) is 16.8 Å². The average Bonchev–Trinajstić information content (AvgIpc) is 2.37. The molecule has 1 rings (SSSR count). The summed E-state index contributed by atoms with van der Waals surface area (Å²) in [4.78, 5) is 2.12. The van der Waals surface area contributed by atoms with Gasteiger partial charge in [0.15, 0.2) is 0 Å². The van der Waals surface area contributed by atoms with Gasteiger partial charge >= 0.3 is 0 Å². The van der Waals surface area contributed by atoms with E-state index in [4.69, 9.17) is 11.0 Å². The van der Waals surface area contributed by atoms with Crippen molar-refractivity contribution in [1.82, 2.24) is 9.47 Å². The number of aromatic nitrogens is 1. The van der Waals surface area contributed by atoms with Crippen molar-refractivity contribution in [3.8, 4) is 6.07 Å². The van der Waals surface area contributed by atoms with Crippen molar-refractivity contribution < 1.29 is 0 Å². The first-order valence-corrected chi connectivity index (χ1v) is 5.41. The van der Waals surface area contributed by atoms with E-state index in [0.29, 0.717) is 11.4 Å². The Bertz CT molecular complexity index is 423. The summed E-state index contributed by atoms with van der Waals surface area (Å²) in [5.74, 6) is 0.590. The fraction of sp³-hybridized carbons (Fsp3) is 0.583. The molecule has 16 heavy (non-hydrogen) atoms. The Morgan fingerprint density at radius 1 is 1.44 bits per heavy atom. The van der Waals surface area contributed by atoms with Crippen LogP contribution in [0.25, 0.3) is 0 Å². The highest BCUT2D eigenvalue weighted by Crippen LogP contribution is 2.27. The van der Waals surface area contributed by atoms with E-state index in [2.05, 4.69) is 17.9 Å². The van der Waals surface area contributed by atoms with Gasteiger partial charge in [0.1, 0.15) is 11.9 Å². The second-order valence-electron chi connectivity index (χ2n) is 4.56. The number of nitrogens with zero attached hydrogens (tertiary/aromatic N) is 3. The van der Waals surface area contributed by atoms with Gasteiger partial charge < -0.3 is 15.2 Å². The van der Waals surface area contributed by atoms with Gasteiger partial charge in [0, 0.05) is 18.3 Å². The molecule has 0 spiro atoms. The van der Waals surface area contributed by atoms with Crippen LogP contribution in [0.15, 0.2) is 0 Å². The zero-order valence-electron chi connectivity index (χ0n) is 10.7. The molecule has 0 radical (unpaired) electrons. The van der Waals surface area contributed by atoms with Gasteiger partial charge in [-0.1, -0.05) is 0 Å². The van der Waals surface area contributed by atoms with Crippen LogP contribution < -0.4 is 5.73 Å². The Labute approximate surface area is 97.3 Å². The molecule has 1 aromatic rings. The highest BCUT2D eigenvalue weighted by Gasteiger charge is 2.18. The third-order valence-electron chi connectivity index (χ3n) is 2.98. The number of hydrogen-bond acceptors (Lipinski definition) is 3. The molecule has 4 nitrogen and oxygen atoms in total. The summed E-state index contributed by atoms with van der Waals surface area (Å²) < 4.78 is 2.05. The minimum atomic E-state index is 0.274. The van der Waals surface area contributed by atoms with Gasteiger partial charge in [-0.3, -0.25) is 0 Å². The molecule has 4 heteroatoms. The first-order valence-electron chi connectivity index (χ1n) is 5.41. The van der Waals surface area contributed by atoms with E-state index in [0.717, 1.165) is 17.8 Å². The number of nitrogens with two attached hydrogens (primary N) is 1. The van der Waals surface area contributed by atoms with E-state index in [1.807, 2.05) is 32.5 Å². The number of likely N-dealkylation sites (N-methyl/N-ethyl adjacent to an activating group) is 1. The molecule has 0 bridgehead atoms. The van der Waals surface area contributed by atoms with E-state index in [-0.39, 0.29) is 6.04 Å². The maximum absolute atomic E-state index is 9.05. The van der Waals surface area contributed by atoms with Crippen molar-refractivity contribution in [2.45, 2.75) is 26.8 Å². The minimum Gasteiger partial charge on any atom is -0.384 e. The Kier molecular flexibility index (Phi) is 3.61. The number of hydrogen-bond donors (Lipinski definition) is 1. The van der Waals surface area contributed by atoms with Crippen molar-refractivity contribution >= 4 is 5.82 Å². The predicted molar refractivity (Wildman–Crippen MR) is 66.3 cm³/mol. The summed E-state index contributed by atoms with van der Waals surface area (Å²) in [7, 11) is 4.06. The van der Waals surface area contributed by atoms with Crippen LogP contribution >= 0.6 is 0 Å². The van der Waals surface area contributed by atoms with Crippen LogP contribution in [0.1, 0.15) is 29.8 Å². The van der Waals surface area contributed by atoms with Crippen molar-refractivity contribution in [2.75, 3.05) is 26.4 Å². The summed E-state index contributed by atoms with van der Waals surface area (Å²) in [6.45, 7) is 6.98. The lowest BCUT2D eigenvalue weighted by Gasteiger charge is -2.21. The number of anilines is 1. The van der Waals surface area contributed by atoms with Crippen LogP contribution in [0.5, 0.6) is 0 Å². The van der Waals surface area contributed by atoms with Gasteiger partial charge in [-0.05, 0) is 40.4 Å². The molecule has 0 saturated carbocycles. The SMILES string of the molecule is Cc1c(C#N)c(N)n(C(C)CN(C)C)c1C. The summed E-state index contributed by atoms with van der Waals surface area (Å²) in [5, 5.41) is 9.05. The summed E-state index contributed by atoms with van der Waals surface area (Å²) in [5.41, 5.74) is 8.71. The second kappa shape index (κ2) is 4.58. The van der Waals surface area contributed by atoms with Crippen molar-refractivity contribution in [2.24, 2.45) is 0 Å². The smallest absolute Gasteiger partial charge is 0.122 e. The van der Waals surface area contributed by atoms with Crippen LogP contribution in [-0.4, -0.2) is 30.1 Å². The van der Waals surface area contributed by atoms with Crippen LogP contribution in [-0.2, 0) is 0 Å². The Hall–Kier alpha value is -1.47. The maximum Gasteiger partial charge on any atom is 0.122 e. The molecule has 1 heterocycles. The average molecular weight is 220 g/mol. The van der Waals surface area contributed by atoms with E-state index >= 15 is 0 Å². The van der Waals surface area contributed by atoms with Crippen molar-refractivity contribution in [3.63, 3.8) is 0 Å². The summed E-state index contributed by atoms with van der Waals surface area (Å²) in [6, 6.07) is 2.45. The standard InChI is InChI=1S/C12H20N4/c1-8(7-15(4)5)16-10(3)9(2)11(6-13)12(16)14/h8H,7,14H2,1-5H3. The first-order chi connectivity index (χ1) is 7.40. The fourth-order valence-electron chi connectivity index (χ4n) is 2.17. The zero-order valence-corrected chi connectivity index (χ0v) is 10.7. The molecular weight excluding hydrogens is 200 g/mol. The number of rotatable bonds is 3. The molecule has 0 aliphatic rings. The maximum atomic E-state index is 9.05. The number of nitriles is 1. The van der Waals surface area contributed by atoms with Gasteiger partial charge in [-0.25, -0.2) is 0 Å². The van der Waals surface area contributed by atoms with E-state index in [1.165, 1.54) is 0 Å². The lowest BCUT2D eigenvalue weighted by Crippen LogP contribution is -2.24. The second-order valence-corrected chi connectivity index (χ2v) is 4.56. The minimum absolute atomic E-state index is 0.274. The van der Waals surface area contributed by atoms with E-state index in [1.54, 1.807) is 0 Å². The molecule has 1 atom stereocenters. The fourth-order valence-corrected chi connectivity index (χ4v) is 2.17. The van der Waals surface area contributed by atoms with Gasteiger partial charge in [-0.15, -0.1) is 0 Å². The molecule has 1 aromatic heterocycles. The Balaban J connectivity index is 3.20. The lowest BCUT2D eigenvalue weighted by molar-refractivity contribution is 0.337. The van der Waals surface area contributed by atoms with Gasteiger partial charge in [0.25, 0.3) is 0 Å². The van der Waals surface area contributed by atoms with Gasteiger partial charge in [-0.2, -0.15) is 5.26 Å². The quantitative estimate of drug-likeness (QED) is 0.843. The number of nitrogen functional groups attached to an aromatic ring is 1. The van der Waals surface area contributed by atoms with Crippen LogP contribution in [0.3, 0.4) is 0 Å². The zero-order chi connectivity index (χ0) is 12.5. The largest absolute Gasteiger partial charge is 0.384 e. The molecule has 0 aliphatic carbocycles. The monoisotopic (exact) mass is 220 g/mol. The predicted octanol–water partition coefficient (Wildman–Crippen LogP) is 1.68. The van der Waals surface area contributed by atoms with E-state index < -0.39 is 0 Å². The molecule has 0 saturated heterocycles. The van der Waals surface area contributed by atoms with Crippen molar-refractivity contribution in [1.29, 1.82) is 5.26 Å². The van der Waals surface area contributed by atoms with Crippen LogP contribution in [0.4, 0.5) is 5.82 Å². The highest BCUT2D eigenvalue weighted by atomic mass is 15.1. The van der Waals surface area contributed by atoms with Gasteiger partial charge in [0.2, 0.25) is 0 Å². The molecular formula is C12H20N4. The first kappa shape index (κ1) is 12.6. The lowest BCUT2D eigenvalue weighted by atomic mass is 10.2. The van der Waals surface area contributed by atoms with E-state index in [9.17, 15) is 0 Å². The molecule has 0 aromatic carbocycles.